The Morgan fingerprint density at radius 3 is 2.93 bits per heavy atom. The van der Waals surface area contributed by atoms with Crippen molar-refractivity contribution >= 4 is 11.8 Å². The number of piperidine rings is 1. The van der Waals surface area contributed by atoms with Crippen molar-refractivity contribution in [3.8, 4) is 0 Å². The first kappa shape index (κ1) is 11.0. The van der Waals surface area contributed by atoms with Gasteiger partial charge < -0.3 is 5.32 Å². The summed E-state index contributed by atoms with van der Waals surface area (Å²) in [5, 5.41) is 3.38. The highest BCUT2D eigenvalue weighted by atomic mass is 32.2. The molecule has 3 heteroatoms. The number of thioether (sulfide) groups is 1. The van der Waals surface area contributed by atoms with Crippen molar-refractivity contribution < 1.29 is 4.39 Å². The molecular weight excluding hydrogens is 209 g/mol. The van der Waals surface area contributed by atoms with Crippen molar-refractivity contribution in [2.75, 3.05) is 12.8 Å². The van der Waals surface area contributed by atoms with E-state index in [0.29, 0.717) is 0 Å². The molecule has 2 rings (SSSR count). The Bertz CT molecular complexity index is 334. The zero-order chi connectivity index (χ0) is 10.7. The second kappa shape index (κ2) is 4.99. The molecule has 0 amide bonds. The number of halogens is 1. The van der Waals surface area contributed by atoms with Crippen LogP contribution in [0.3, 0.4) is 0 Å². The van der Waals surface area contributed by atoms with Gasteiger partial charge in [0.15, 0.2) is 0 Å². The topological polar surface area (TPSA) is 12.0 Å². The lowest BCUT2D eigenvalue weighted by Gasteiger charge is -2.24. The van der Waals surface area contributed by atoms with Gasteiger partial charge in [-0.2, -0.15) is 0 Å². The predicted molar refractivity (Wildman–Crippen MR) is 62.8 cm³/mol. The van der Waals surface area contributed by atoms with Gasteiger partial charge in [-0.05, 0) is 43.8 Å². The van der Waals surface area contributed by atoms with E-state index in [1.54, 1.807) is 17.8 Å². The van der Waals surface area contributed by atoms with E-state index >= 15 is 0 Å². The molecule has 1 atom stereocenters. The van der Waals surface area contributed by atoms with Crippen LogP contribution in [0.1, 0.15) is 30.9 Å². The molecule has 15 heavy (non-hydrogen) atoms. The largest absolute Gasteiger partial charge is 0.310 e. The van der Waals surface area contributed by atoms with Gasteiger partial charge in [0.2, 0.25) is 0 Å². The van der Waals surface area contributed by atoms with E-state index in [1.807, 2.05) is 18.4 Å². The van der Waals surface area contributed by atoms with Crippen molar-refractivity contribution in [3.05, 3.63) is 29.6 Å². The molecule has 0 spiro atoms. The number of hydrogen-bond acceptors (Lipinski definition) is 2. The normalized spacial score (nSPS) is 21.6. The van der Waals surface area contributed by atoms with Gasteiger partial charge in [-0.15, -0.1) is 11.8 Å². The smallest absolute Gasteiger partial charge is 0.128 e. The first-order valence-electron chi connectivity index (χ1n) is 5.38. The molecule has 82 valence electrons. The summed E-state index contributed by atoms with van der Waals surface area (Å²) in [5.74, 6) is -0.0767. The highest BCUT2D eigenvalue weighted by molar-refractivity contribution is 7.98. The summed E-state index contributed by atoms with van der Waals surface area (Å²) in [6.07, 6.45) is 5.47. The summed E-state index contributed by atoms with van der Waals surface area (Å²) in [6.45, 7) is 1.01. The second-order valence-corrected chi connectivity index (χ2v) is 4.77. The average molecular weight is 225 g/mol. The summed E-state index contributed by atoms with van der Waals surface area (Å²) in [5.41, 5.74) is 0.835. The van der Waals surface area contributed by atoms with E-state index in [4.69, 9.17) is 0 Å². The van der Waals surface area contributed by atoms with Gasteiger partial charge in [0.05, 0.1) is 0 Å². The summed E-state index contributed by atoms with van der Waals surface area (Å²) in [4.78, 5) is 1.14. The molecule has 0 aliphatic carbocycles. The fourth-order valence-electron chi connectivity index (χ4n) is 2.03. The Balaban J connectivity index is 2.24. The van der Waals surface area contributed by atoms with Crippen molar-refractivity contribution in [3.63, 3.8) is 0 Å². The zero-order valence-corrected chi connectivity index (χ0v) is 9.74. The lowest BCUT2D eigenvalue weighted by Crippen LogP contribution is -2.27. The summed E-state index contributed by atoms with van der Waals surface area (Å²) in [7, 11) is 0. The van der Waals surface area contributed by atoms with Gasteiger partial charge in [0.25, 0.3) is 0 Å². The summed E-state index contributed by atoms with van der Waals surface area (Å²) < 4.78 is 13.6. The number of nitrogens with one attached hydrogen (secondary N) is 1. The van der Waals surface area contributed by atoms with Crippen molar-refractivity contribution in [1.29, 1.82) is 0 Å². The lowest BCUT2D eigenvalue weighted by atomic mass is 9.97. The van der Waals surface area contributed by atoms with Crippen LogP contribution in [-0.2, 0) is 0 Å². The van der Waals surface area contributed by atoms with Gasteiger partial charge in [-0.3, -0.25) is 0 Å². The molecule has 1 saturated heterocycles. The molecular formula is C12H16FNS. The number of benzene rings is 1. The molecule has 1 aromatic carbocycles. The molecule has 0 radical (unpaired) electrons. The van der Waals surface area contributed by atoms with Crippen molar-refractivity contribution in [2.24, 2.45) is 0 Å². The second-order valence-electron chi connectivity index (χ2n) is 3.89. The standard InChI is InChI=1S/C12H16FNS/c1-15-9-5-6-11(13)10(8-9)12-4-2-3-7-14-12/h5-6,8,12,14H,2-4,7H2,1H3. The van der Waals surface area contributed by atoms with E-state index in [9.17, 15) is 4.39 Å². The molecule has 1 aliphatic rings. The fraction of sp³-hybridized carbons (Fsp3) is 0.500. The predicted octanol–water partition coefficient (Wildman–Crippen LogP) is 3.36. The van der Waals surface area contributed by atoms with Crippen molar-refractivity contribution in [1.82, 2.24) is 5.32 Å². The molecule has 1 nitrogen and oxygen atoms in total. The average Bonchev–Trinajstić information content (AvgIpc) is 2.31. The number of rotatable bonds is 2. The SMILES string of the molecule is CSc1ccc(F)c(C2CCCCN2)c1. The Kier molecular flexibility index (Phi) is 3.65. The minimum atomic E-state index is -0.0767. The lowest BCUT2D eigenvalue weighted by molar-refractivity contribution is 0.399. The molecule has 0 aromatic heterocycles. The van der Waals surface area contributed by atoms with Gasteiger partial charge in [0.1, 0.15) is 5.82 Å². The maximum absolute atomic E-state index is 13.6. The van der Waals surface area contributed by atoms with Gasteiger partial charge in [-0.25, -0.2) is 4.39 Å². The van der Waals surface area contributed by atoms with Gasteiger partial charge in [0, 0.05) is 16.5 Å². The zero-order valence-electron chi connectivity index (χ0n) is 8.92. The fourth-order valence-corrected chi connectivity index (χ4v) is 2.48. The molecule has 1 unspecified atom stereocenters. The van der Waals surface area contributed by atoms with Crippen LogP contribution in [0.15, 0.2) is 23.1 Å². The molecule has 0 bridgehead atoms. The van der Waals surface area contributed by atoms with Crippen LogP contribution in [0.2, 0.25) is 0 Å². The monoisotopic (exact) mass is 225 g/mol. The van der Waals surface area contributed by atoms with Gasteiger partial charge >= 0.3 is 0 Å². The third-order valence-electron chi connectivity index (χ3n) is 2.89. The highest BCUT2D eigenvalue weighted by Gasteiger charge is 2.18. The third kappa shape index (κ3) is 2.52. The van der Waals surface area contributed by atoms with E-state index in [-0.39, 0.29) is 11.9 Å². The van der Waals surface area contributed by atoms with E-state index in [1.165, 1.54) is 12.8 Å². The Hall–Kier alpha value is -0.540. The Morgan fingerprint density at radius 1 is 1.40 bits per heavy atom. The minimum absolute atomic E-state index is 0.0767. The van der Waals surface area contributed by atoms with Crippen LogP contribution in [-0.4, -0.2) is 12.8 Å². The molecule has 1 aromatic rings. The third-order valence-corrected chi connectivity index (χ3v) is 3.61. The molecule has 1 aliphatic heterocycles. The number of hydrogen-bond donors (Lipinski definition) is 1. The first-order chi connectivity index (χ1) is 7.31. The molecule has 1 fully saturated rings. The van der Waals surface area contributed by atoms with E-state index in [2.05, 4.69) is 5.32 Å². The van der Waals surface area contributed by atoms with Crippen LogP contribution in [0.25, 0.3) is 0 Å². The molecule has 0 saturated carbocycles. The summed E-state index contributed by atoms with van der Waals surface area (Å²) >= 11 is 1.66. The Morgan fingerprint density at radius 2 is 2.27 bits per heavy atom. The molecule has 1 N–H and O–H groups in total. The van der Waals surface area contributed by atoms with Crippen molar-refractivity contribution in [2.45, 2.75) is 30.2 Å². The maximum atomic E-state index is 13.6. The van der Waals surface area contributed by atoms with Crippen LogP contribution in [0.4, 0.5) is 4.39 Å². The van der Waals surface area contributed by atoms with Crippen LogP contribution in [0, 0.1) is 5.82 Å². The first-order valence-corrected chi connectivity index (χ1v) is 6.60. The van der Waals surface area contributed by atoms with Crippen LogP contribution >= 0.6 is 11.8 Å². The quantitative estimate of drug-likeness (QED) is 0.775. The molecule has 1 heterocycles. The minimum Gasteiger partial charge on any atom is -0.310 e. The van der Waals surface area contributed by atoms with Crippen LogP contribution < -0.4 is 5.32 Å². The van der Waals surface area contributed by atoms with Crippen LogP contribution in [0.5, 0.6) is 0 Å². The maximum Gasteiger partial charge on any atom is 0.128 e. The van der Waals surface area contributed by atoms with E-state index in [0.717, 1.165) is 23.4 Å². The van der Waals surface area contributed by atoms with Gasteiger partial charge in [-0.1, -0.05) is 6.42 Å². The Labute approximate surface area is 94.5 Å². The van der Waals surface area contributed by atoms with E-state index < -0.39 is 0 Å². The highest BCUT2D eigenvalue weighted by Crippen LogP contribution is 2.28. The summed E-state index contributed by atoms with van der Waals surface area (Å²) in [6, 6.07) is 5.61.